The maximum absolute atomic E-state index is 9.92. The number of nitrogens with one attached hydrogen (secondary N) is 1. The van der Waals surface area contributed by atoms with Crippen molar-refractivity contribution in [1.29, 1.82) is 5.26 Å². The third-order valence-corrected chi connectivity index (χ3v) is 6.22. The number of H-pyrrole nitrogens is 1. The normalized spacial score (nSPS) is 13.4. The Kier molecular flexibility index (Phi) is 6.82. The number of hydrogen-bond acceptors (Lipinski definition) is 4. The third kappa shape index (κ3) is 4.66. The number of halogens is 1. The quantitative estimate of drug-likeness (QED) is 0.556. The van der Waals surface area contributed by atoms with Crippen molar-refractivity contribution < 1.29 is 14.5 Å². The lowest BCUT2D eigenvalue weighted by atomic mass is 9.87. The van der Waals surface area contributed by atoms with E-state index < -0.39 is 0 Å². The van der Waals surface area contributed by atoms with Gasteiger partial charge in [-0.2, -0.15) is 5.26 Å². The average Bonchev–Trinajstić information content (AvgIpc) is 2.79. The molecule has 1 aliphatic rings. The van der Waals surface area contributed by atoms with Gasteiger partial charge in [0.05, 0.1) is 7.11 Å². The molecule has 0 spiro atoms. The van der Waals surface area contributed by atoms with Crippen molar-refractivity contribution in [1.82, 2.24) is 0 Å². The molecule has 1 heterocycles. The first-order chi connectivity index (χ1) is 15.6. The lowest BCUT2D eigenvalue weighted by molar-refractivity contribution is -0.374. The zero-order chi connectivity index (χ0) is 22.5. The van der Waals surface area contributed by atoms with Gasteiger partial charge in [-0.15, -0.1) is 0 Å². The largest absolute Gasteiger partial charge is 0.496 e. The molecule has 32 heavy (non-hydrogen) atoms. The molecule has 0 radical (unpaired) electrons. The first-order valence-corrected chi connectivity index (χ1v) is 11.3. The number of ether oxygens (including phenoxy) is 2. The molecule has 0 saturated heterocycles. The van der Waals surface area contributed by atoms with Gasteiger partial charge in [-0.25, -0.2) is 4.98 Å². The van der Waals surface area contributed by atoms with E-state index in [1.165, 1.54) is 18.4 Å². The maximum Gasteiger partial charge on any atom is 0.289 e. The number of pyridine rings is 1. The Hall–Kier alpha value is -3.23. The number of aryl methyl sites for hydroxylation is 1. The summed E-state index contributed by atoms with van der Waals surface area (Å²) in [6.07, 6.45) is 6.52. The van der Waals surface area contributed by atoms with Gasteiger partial charge in [0.1, 0.15) is 35.4 Å². The monoisotopic (exact) mass is 448 g/mol. The van der Waals surface area contributed by atoms with Crippen LogP contribution in [0.2, 0.25) is 5.02 Å². The van der Waals surface area contributed by atoms with Gasteiger partial charge in [0, 0.05) is 28.1 Å². The number of rotatable bonds is 5. The Morgan fingerprint density at radius 3 is 2.53 bits per heavy atom. The minimum Gasteiger partial charge on any atom is -0.496 e. The lowest BCUT2D eigenvalue weighted by Crippen LogP contribution is -2.23. The van der Waals surface area contributed by atoms with Gasteiger partial charge in [-0.05, 0) is 61.2 Å². The smallest absolute Gasteiger partial charge is 0.289 e. The number of nitrogens with zero attached hydrogens (tertiary/aromatic N) is 1. The van der Waals surface area contributed by atoms with E-state index in [0.717, 1.165) is 59.6 Å². The summed E-state index contributed by atoms with van der Waals surface area (Å²) in [4.78, 5) is 3.31. The predicted octanol–water partition coefficient (Wildman–Crippen LogP) is 5.52. The van der Waals surface area contributed by atoms with Crippen molar-refractivity contribution >= 4 is 17.4 Å². The Balaban J connectivity index is 1.77. The molecule has 2 aromatic carbocycles. The van der Waals surface area contributed by atoms with E-state index in [9.17, 15) is 5.26 Å². The van der Waals surface area contributed by atoms with Crippen molar-refractivity contribution in [2.75, 3.05) is 12.8 Å². The summed E-state index contributed by atoms with van der Waals surface area (Å²) in [5.41, 5.74) is 11.9. The highest BCUT2D eigenvalue weighted by Crippen LogP contribution is 2.36. The second-order valence-corrected chi connectivity index (χ2v) is 8.48. The molecule has 3 N–H and O–H groups in total. The highest BCUT2D eigenvalue weighted by molar-refractivity contribution is 6.30. The number of aromatic nitrogens is 1. The summed E-state index contributed by atoms with van der Waals surface area (Å²) in [5.74, 6) is 1.89. The Morgan fingerprint density at radius 1 is 1.06 bits per heavy atom. The SMILES string of the molecule is COc1ccc(-c2c(C#N)c(N)[nH+]c3c2CCCCCC3)cc1COc1ccc(Cl)cc1. The van der Waals surface area contributed by atoms with Crippen LogP contribution in [0.1, 0.15) is 48.1 Å². The number of aromatic amines is 1. The van der Waals surface area contributed by atoms with Crippen molar-refractivity contribution in [3.05, 3.63) is 69.9 Å². The van der Waals surface area contributed by atoms with Crippen LogP contribution in [-0.4, -0.2) is 7.11 Å². The number of fused-ring (bicyclic) bond motifs is 1. The molecule has 0 fully saturated rings. The Bertz CT molecular complexity index is 1150. The highest BCUT2D eigenvalue weighted by atomic mass is 35.5. The van der Waals surface area contributed by atoms with Gasteiger partial charge in [-0.1, -0.05) is 30.5 Å². The molecule has 5 nitrogen and oxygen atoms in total. The number of nitriles is 1. The fraction of sp³-hybridized carbons (Fsp3) is 0.308. The minimum atomic E-state index is 0.331. The number of benzene rings is 2. The zero-order valence-electron chi connectivity index (χ0n) is 18.2. The summed E-state index contributed by atoms with van der Waals surface area (Å²) in [5, 5.41) is 10.6. The van der Waals surface area contributed by atoms with Crippen LogP contribution in [0.4, 0.5) is 5.82 Å². The maximum atomic E-state index is 9.92. The van der Waals surface area contributed by atoms with E-state index in [-0.39, 0.29) is 0 Å². The molecule has 0 bridgehead atoms. The number of nitrogen functional groups attached to an aromatic ring is 1. The number of nitrogens with two attached hydrogens (primary N) is 1. The van der Waals surface area contributed by atoms with E-state index in [4.69, 9.17) is 26.8 Å². The summed E-state index contributed by atoms with van der Waals surface area (Å²) >= 11 is 5.97. The minimum absolute atomic E-state index is 0.331. The first-order valence-electron chi connectivity index (χ1n) is 10.9. The molecule has 4 rings (SSSR count). The van der Waals surface area contributed by atoms with Gasteiger partial charge in [0.25, 0.3) is 5.82 Å². The van der Waals surface area contributed by atoms with Crippen LogP contribution in [0.5, 0.6) is 11.5 Å². The van der Waals surface area contributed by atoms with Gasteiger partial charge in [0.15, 0.2) is 0 Å². The van der Waals surface area contributed by atoms with Crippen molar-refractivity contribution in [3.63, 3.8) is 0 Å². The molecule has 6 heteroatoms. The van der Waals surface area contributed by atoms with Crippen LogP contribution in [-0.2, 0) is 19.4 Å². The zero-order valence-corrected chi connectivity index (χ0v) is 19.0. The Labute approximate surface area is 193 Å². The summed E-state index contributed by atoms with van der Waals surface area (Å²) < 4.78 is 11.6. The summed E-state index contributed by atoms with van der Waals surface area (Å²) in [6.45, 7) is 0.331. The van der Waals surface area contributed by atoms with Gasteiger partial charge in [-0.3, -0.25) is 5.73 Å². The highest BCUT2D eigenvalue weighted by Gasteiger charge is 2.24. The summed E-state index contributed by atoms with van der Waals surface area (Å²) in [7, 11) is 1.65. The molecule has 164 valence electrons. The second-order valence-electron chi connectivity index (χ2n) is 8.04. The average molecular weight is 449 g/mol. The van der Waals surface area contributed by atoms with Crippen LogP contribution >= 0.6 is 11.6 Å². The van der Waals surface area contributed by atoms with Crippen LogP contribution in [0, 0.1) is 11.3 Å². The molecule has 0 amide bonds. The fourth-order valence-electron chi connectivity index (χ4n) is 4.36. The summed E-state index contributed by atoms with van der Waals surface area (Å²) in [6, 6.07) is 15.6. The molecule has 0 aliphatic heterocycles. The van der Waals surface area contributed by atoms with Gasteiger partial charge < -0.3 is 9.47 Å². The number of anilines is 1. The number of methoxy groups -OCH3 is 1. The topological polar surface area (TPSA) is 82.4 Å². The third-order valence-electron chi connectivity index (χ3n) is 5.96. The van der Waals surface area contributed by atoms with Crippen molar-refractivity contribution in [2.45, 2.75) is 45.1 Å². The standard InChI is InChI=1S/C26H26ClN3O2/c1-31-24-13-8-17(14-18(24)16-32-20-11-9-19(27)10-12-20)25-21-6-4-2-3-5-7-23(21)30-26(29)22(25)15-28/h8-14H,2-7,16H2,1H3,(H2,29,30)/p+1. The Morgan fingerprint density at radius 2 is 1.81 bits per heavy atom. The van der Waals surface area contributed by atoms with E-state index in [2.05, 4.69) is 11.1 Å². The van der Waals surface area contributed by atoms with Gasteiger partial charge in [0.2, 0.25) is 0 Å². The molecule has 0 unspecified atom stereocenters. The van der Waals surface area contributed by atoms with Gasteiger partial charge >= 0.3 is 0 Å². The second kappa shape index (κ2) is 9.93. The first kappa shape index (κ1) is 22.0. The predicted molar refractivity (Wildman–Crippen MR) is 126 cm³/mol. The van der Waals surface area contributed by atoms with Crippen molar-refractivity contribution in [2.24, 2.45) is 0 Å². The number of hydrogen-bond donors (Lipinski definition) is 1. The van der Waals surface area contributed by atoms with Crippen LogP contribution in [0.3, 0.4) is 0 Å². The lowest BCUT2D eigenvalue weighted by Gasteiger charge is -2.19. The van der Waals surface area contributed by atoms with E-state index >= 15 is 0 Å². The van der Waals surface area contributed by atoms with Crippen molar-refractivity contribution in [3.8, 4) is 28.7 Å². The molecular weight excluding hydrogens is 422 g/mol. The molecular formula is C26H27ClN3O2+. The molecule has 0 saturated carbocycles. The van der Waals surface area contributed by atoms with Crippen LogP contribution in [0.25, 0.3) is 11.1 Å². The van der Waals surface area contributed by atoms with Crippen LogP contribution < -0.4 is 20.2 Å². The van der Waals surface area contributed by atoms with E-state index in [1.807, 2.05) is 30.3 Å². The fourth-order valence-corrected chi connectivity index (χ4v) is 4.48. The molecule has 1 aliphatic carbocycles. The van der Waals surface area contributed by atoms with E-state index in [0.29, 0.717) is 23.0 Å². The molecule has 1 aromatic heterocycles. The molecule has 0 atom stereocenters. The molecule has 3 aromatic rings. The van der Waals surface area contributed by atoms with E-state index in [1.54, 1.807) is 19.2 Å². The van der Waals surface area contributed by atoms with Crippen LogP contribution in [0.15, 0.2) is 42.5 Å².